The second kappa shape index (κ2) is 11.6. The number of imide groups is 1. The van der Waals surface area contributed by atoms with Gasteiger partial charge < -0.3 is 10.2 Å². The Hall–Kier alpha value is -2.35. The van der Waals surface area contributed by atoms with Crippen LogP contribution in [0.1, 0.15) is 72.6 Å². The molecule has 0 aromatic heterocycles. The van der Waals surface area contributed by atoms with E-state index in [0.717, 1.165) is 32.1 Å². The van der Waals surface area contributed by atoms with Gasteiger partial charge in [-0.15, -0.1) is 0 Å². The summed E-state index contributed by atoms with van der Waals surface area (Å²) in [7, 11) is 0. The molecule has 1 heterocycles. The smallest absolute Gasteiger partial charge is 0.343 e. The van der Waals surface area contributed by atoms with Gasteiger partial charge in [-0.25, -0.2) is 4.79 Å². The van der Waals surface area contributed by atoms with Crippen molar-refractivity contribution < 1.29 is 24.0 Å². The van der Waals surface area contributed by atoms with Crippen LogP contribution < -0.4 is 5.32 Å². The molecule has 1 unspecified atom stereocenters. The summed E-state index contributed by atoms with van der Waals surface area (Å²) in [6.45, 7) is 2.13. The number of nitrogens with one attached hydrogen (secondary N) is 1. The van der Waals surface area contributed by atoms with Gasteiger partial charge in [0.2, 0.25) is 5.91 Å². The molecular weight excluding hydrogens is 392 g/mol. The SMILES string of the molecule is CCCCCCCC(=O)NC(CCSC)C(=O)ON1C(=O)c2ccccc2C1=O. The molecule has 0 spiro atoms. The Labute approximate surface area is 175 Å². The van der Waals surface area contributed by atoms with Crippen LogP contribution in [0.15, 0.2) is 24.3 Å². The van der Waals surface area contributed by atoms with Crippen molar-refractivity contribution in [2.24, 2.45) is 0 Å². The van der Waals surface area contributed by atoms with Crippen molar-refractivity contribution in [2.75, 3.05) is 12.0 Å². The predicted molar refractivity (Wildman–Crippen MR) is 111 cm³/mol. The highest BCUT2D eigenvalue weighted by Gasteiger charge is 2.39. The third-order valence-corrected chi connectivity index (χ3v) is 5.32. The van der Waals surface area contributed by atoms with Crippen molar-refractivity contribution in [2.45, 2.75) is 57.9 Å². The predicted octanol–water partition coefficient (Wildman–Crippen LogP) is 3.34. The first-order valence-corrected chi connectivity index (χ1v) is 11.4. The first-order valence-electron chi connectivity index (χ1n) is 9.97. The minimum absolute atomic E-state index is 0.196. The second-order valence-electron chi connectivity index (χ2n) is 6.93. The van der Waals surface area contributed by atoms with Crippen LogP contribution in [-0.4, -0.2) is 46.8 Å². The fourth-order valence-corrected chi connectivity index (χ4v) is 3.52. The van der Waals surface area contributed by atoms with E-state index in [1.165, 1.54) is 23.9 Å². The number of hydroxylamine groups is 2. The Bertz CT molecular complexity index is 717. The van der Waals surface area contributed by atoms with Crippen molar-refractivity contribution in [3.8, 4) is 0 Å². The number of unbranched alkanes of at least 4 members (excludes halogenated alkanes) is 4. The van der Waals surface area contributed by atoms with Gasteiger partial charge in [-0.3, -0.25) is 14.4 Å². The number of fused-ring (bicyclic) bond motifs is 1. The van der Waals surface area contributed by atoms with Crippen molar-refractivity contribution in [3.05, 3.63) is 35.4 Å². The summed E-state index contributed by atoms with van der Waals surface area (Å²) in [6, 6.07) is 5.38. The summed E-state index contributed by atoms with van der Waals surface area (Å²) < 4.78 is 0. The van der Waals surface area contributed by atoms with Gasteiger partial charge in [0.05, 0.1) is 11.1 Å². The quantitative estimate of drug-likeness (QED) is 0.412. The number of nitrogens with zero attached hydrogens (tertiary/aromatic N) is 1. The largest absolute Gasteiger partial charge is 0.355 e. The average molecular weight is 421 g/mol. The van der Waals surface area contributed by atoms with Gasteiger partial charge in [0.15, 0.2) is 0 Å². The van der Waals surface area contributed by atoms with Crippen LogP contribution in [0.2, 0.25) is 0 Å². The molecule has 29 heavy (non-hydrogen) atoms. The van der Waals surface area contributed by atoms with Crippen molar-refractivity contribution in [1.82, 2.24) is 10.4 Å². The second-order valence-corrected chi connectivity index (χ2v) is 7.91. The molecule has 3 amide bonds. The normalized spacial score (nSPS) is 13.9. The highest BCUT2D eigenvalue weighted by molar-refractivity contribution is 7.98. The van der Waals surface area contributed by atoms with Gasteiger partial charge in [0, 0.05) is 6.42 Å². The summed E-state index contributed by atoms with van der Waals surface area (Å²) in [5.74, 6) is -1.77. The Morgan fingerprint density at radius 3 is 2.28 bits per heavy atom. The lowest BCUT2D eigenvalue weighted by Crippen LogP contribution is -2.45. The number of carbonyl (C=O) groups is 4. The summed E-state index contributed by atoms with van der Waals surface area (Å²) in [5, 5.41) is 3.17. The van der Waals surface area contributed by atoms with E-state index >= 15 is 0 Å². The van der Waals surface area contributed by atoms with E-state index in [2.05, 4.69) is 12.2 Å². The van der Waals surface area contributed by atoms with Crippen LogP contribution in [0.3, 0.4) is 0 Å². The molecule has 1 N–H and O–H groups in total. The first kappa shape index (κ1) is 22.9. The zero-order chi connectivity index (χ0) is 21.2. The van der Waals surface area contributed by atoms with Crippen molar-refractivity contribution in [1.29, 1.82) is 0 Å². The Kier molecular flexibility index (Phi) is 9.18. The molecule has 158 valence electrons. The number of hydrogen-bond acceptors (Lipinski definition) is 6. The lowest BCUT2D eigenvalue weighted by atomic mass is 10.1. The third kappa shape index (κ3) is 6.32. The van der Waals surface area contributed by atoms with Gasteiger partial charge in [0.25, 0.3) is 11.8 Å². The Morgan fingerprint density at radius 1 is 1.07 bits per heavy atom. The molecule has 0 fully saturated rings. The Balaban J connectivity index is 1.94. The molecule has 1 aromatic rings. The maximum atomic E-state index is 12.6. The fraction of sp³-hybridized carbons (Fsp3) is 0.524. The molecule has 8 heteroatoms. The molecule has 0 saturated heterocycles. The fourth-order valence-electron chi connectivity index (χ4n) is 3.04. The van der Waals surface area contributed by atoms with E-state index in [9.17, 15) is 19.2 Å². The molecule has 0 radical (unpaired) electrons. The summed E-state index contributed by atoms with van der Waals surface area (Å²) in [5.41, 5.74) is 0.393. The number of amides is 3. The molecule has 0 aliphatic carbocycles. The first-order chi connectivity index (χ1) is 14.0. The van der Waals surface area contributed by atoms with Crippen molar-refractivity contribution >= 4 is 35.5 Å². The van der Waals surface area contributed by atoms with Gasteiger partial charge in [-0.1, -0.05) is 49.8 Å². The molecule has 1 aliphatic rings. The molecule has 2 rings (SSSR count). The van der Waals surface area contributed by atoms with Crippen molar-refractivity contribution in [3.63, 3.8) is 0 Å². The highest BCUT2D eigenvalue weighted by atomic mass is 32.2. The number of benzene rings is 1. The molecule has 0 saturated carbocycles. The highest BCUT2D eigenvalue weighted by Crippen LogP contribution is 2.23. The van der Waals surface area contributed by atoms with Crippen LogP contribution in [0.4, 0.5) is 0 Å². The minimum atomic E-state index is -0.907. The molecule has 1 aromatic carbocycles. The van der Waals surface area contributed by atoms with Crippen LogP contribution in [0, 0.1) is 0 Å². The molecule has 1 aliphatic heterocycles. The molecular formula is C21H28N2O5S. The van der Waals surface area contributed by atoms with E-state index in [1.54, 1.807) is 12.1 Å². The van der Waals surface area contributed by atoms with Crippen LogP contribution in [0.5, 0.6) is 0 Å². The van der Waals surface area contributed by atoms with Gasteiger partial charge in [-0.05, 0) is 37.0 Å². The summed E-state index contributed by atoms with van der Waals surface area (Å²) in [6.07, 6.45) is 7.66. The van der Waals surface area contributed by atoms with E-state index in [0.29, 0.717) is 23.7 Å². The maximum Gasteiger partial charge on any atom is 0.355 e. The zero-order valence-electron chi connectivity index (χ0n) is 16.9. The summed E-state index contributed by atoms with van der Waals surface area (Å²) in [4.78, 5) is 54.7. The molecule has 1 atom stereocenters. The van der Waals surface area contributed by atoms with Crippen LogP contribution in [0.25, 0.3) is 0 Å². The van der Waals surface area contributed by atoms with Crippen LogP contribution >= 0.6 is 11.8 Å². The number of rotatable bonds is 12. The summed E-state index contributed by atoms with van der Waals surface area (Å²) >= 11 is 1.53. The van der Waals surface area contributed by atoms with E-state index in [1.807, 2.05) is 6.26 Å². The van der Waals surface area contributed by atoms with E-state index in [4.69, 9.17) is 4.84 Å². The molecule has 7 nitrogen and oxygen atoms in total. The third-order valence-electron chi connectivity index (χ3n) is 4.68. The number of carbonyl (C=O) groups excluding carboxylic acids is 4. The van der Waals surface area contributed by atoms with E-state index < -0.39 is 23.8 Å². The van der Waals surface area contributed by atoms with Gasteiger partial charge in [0.1, 0.15) is 6.04 Å². The maximum absolute atomic E-state index is 12.6. The zero-order valence-corrected chi connectivity index (χ0v) is 17.8. The number of thioether (sulfide) groups is 1. The van der Waals surface area contributed by atoms with Crippen LogP contribution in [-0.2, 0) is 14.4 Å². The average Bonchev–Trinajstić information content (AvgIpc) is 2.96. The van der Waals surface area contributed by atoms with Gasteiger partial charge >= 0.3 is 5.97 Å². The topological polar surface area (TPSA) is 92.8 Å². The van der Waals surface area contributed by atoms with E-state index in [-0.39, 0.29) is 17.0 Å². The number of hydrogen-bond donors (Lipinski definition) is 1. The minimum Gasteiger partial charge on any atom is -0.343 e. The lowest BCUT2D eigenvalue weighted by Gasteiger charge is -2.20. The standard InChI is InChI=1S/C21H28N2O5S/c1-3-4-5-6-7-12-18(24)22-17(13-14-29-2)21(27)28-23-19(25)15-10-8-9-11-16(15)20(23)26/h8-11,17H,3-7,12-14H2,1-2H3,(H,22,24). The monoisotopic (exact) mass is 420 g/mol. The van der Waals surface area contributed by atoms with Gasteiger partial charge in [-0.2, -0.15) is 11.8 Å². The Morgan fingerprint density at radius 2 is 1.69 bits per heavy atom. The lowest BCUT2D eigenvalue weighted by molar-refractivity contribution is -0.171. The molecule has 0 bridgehead atoms.